The van der Waals surface area contributed by atoms with Gasteiger partial charge in [0, 0.05) is 36.9 Å². The normalized spacial score (nSPS) is 12.0. The summed E-state index contributed by atoms with van der Waals surface area (Å²) >= 11 is 0. The van der Waals surface area contributed by atoms with E-state index in [0.29, 0.717) is 22.8 Å². The lowest BCUT2D eigenvalue weighted by molar-refractivity contribution is 0.482. The highest BCUT2D eigenvalue weighted by molar-refractivity contribution is 5.90. The molecule has 0 bridgehead atoms. The Bertz CT molecular complexity index is 2580. The molecule has 212 valence electrons. The number of para-hydroxylation sites is 4. The zero-order valence-corrected chi connectivity index (χ0v) is 23.4. The van der Waals surface area contributed by atoms with Crippen LogP contribution in [0.4, 0.5) is 0 Å². The number of rotatable bonds is 4. The molecular weight excluding hydrogens is 564 g/mol. The van der Waals surface area contributed by atoms with E-state index in [1.807, 2.05) is 115 Å². The Labute approximate surface area is 253 Å². The average Bonchev–Trinajstić information content (AvgIpc) is 3.81. The fourth-order valence-corrected chi connectivity index (χ4v) is 6.19. The summed E-state index contributed by atoms with van der Waals surface area (Å²) in [5.41, 5.74) is 8.34. The minimum Gasteiger partial charge on any atom is -0.457 e. The number of nitrogens with zero attached hydrogens (tertiary/aromatic N) is 10. The van der Waals surface area contributed by atoms with Gasteiger partial charge in [-0.05, 0) is 48.5 Å². The van der Waals surface area contributed by atoms with Gasteiger partial charge in [-0.15, -0.1) is 0 Å². The van der Waals surface area contributed by atoms with E-state index < -0.39 is 0 Å². The van der Waals surface area contributed by atoms with E-state index in [1.165, 1.54) is 0 Å². The van der Waals surface area contributed by atoms with Crippen molar-refractivity contribution in [3.05, 3.63) is 122 Å². The minimum absolute atomic E-state index is 0.665. The van der Waals surface area contributed by atoms with Crippen molar-refractivity contribution in [1.82, 2.24) is 47.8 Å². The summed E-state index contributed by atoms with van der Waals surface area (Å²) in [6, 6.07) is 31.8. The zero-order chi connectivity index (χ0) is 29.5. The summed E-state index contributed by atoms with van der Waals surface area (Å²) < 4.78 is 14.6. The molecule has 0 saturated heterocycles. The van der Waals surface area contributed by atoms with Gasteiger partial charge in [-0.1, -0.05) is 36.4 Å². The van der Waals surface area contributed by atoms with Gasteiger partial charge in [0.25, 0.3) is 0 Å². The molecule has 4 aromatic carbocycles. The number of hydrogen-bond donors (Lipinski definition) is 0. The Morgan fingerprint density at radius 2 is 0.889 bits per heavy atom. The maximum absolute atomic E-state index is 6.47. The number of benzene rings is 4. The van der Waals surface area contributed by atoms with Gasteiger partial charge in [-0.25, -0.2) is 29.9 Å². The molecule has 10 aromatic rings. The summed E-state index contributed by atoms with van der Waals surface area (Å²) in [4.78, 5) is 28.5. The lowest BCUT2D eigenvalue weighted by Gasteiger charge is -2.11. The highest BCUT2D eigenvalue weighted by Gasteiger charge is 2.21. The van der Waals surface area contributed by atoms with Gasteiger partial charge < -0.3 is 4.74 Å². The lowest BCUT2D eigenvalue weighted by atomic mass is 10.2. The molecule has 0 N–H and O–H groups in total. The molecule has 10 rings (SSSR count). The van der Waals surface area contributed by atoms with Crippen LogP contribution in [-0.2, 0) is 0 Å². The standard InChI is InChI=1S/C34H20N10O/c1-3-13-27-25(11-1)39-33-41(29-31(43(27)33)37-17-15-35-29)21-7-5-9-23(19-21)45-24-10-6-8-22(20-24)42-30-32(38-18-16-36-30)44-28-14-4-2-12-26(28)40-34(42)44/h1-20H. The van der Waals surface area contributed by atoms with Crippen molar-refractivity contribution in [2.24, 2.45) is 0 Å². The molecule has 0 aliphatic rings. The molecule has 0 amide bonds. The van der Waals surface area contributed by atoms with Gasteiger partial charge >= 0.3 is 0 Å². The molecule has 0 aliphatic heterocycles. The maximum atomic E-state index is 6.47. The van der Waals surface area contributed by atoms with Crippen LogP contribution in [0.1, 0.15) is 0 Å². The topological polar surface area (TPSA) is 105 Å². The van der Waals surface area contributed by atoms with Crippen LogP contribution < -0.4 is 4.74 Å². The second-order valence-corrected chi connectivity index (χ2v) is 10.6. The minimum atomic E-state index is 0.665. The van der Waals surface area contributed by atoms with Gasteiger partial charge in [0.15, 0.2) is 22.6 Å². The lowest BCUT2D eigenvalue weighted by Crippen LogP contribution is -1.98. The number of hydrogen-bond acceptors (Lipinski definition) is 7. The van der Waals surface area contributed by atoms with Crippen LogP contribution in [0.5, 0.6) is 11.5 Å². The van der Waals surface area contributed by atoms with Gasteiger partial charge in [0.05, 0.1) is 33.4 Å². The molecular formula is C34H20N10O. The number of fused-ring (bicyclic) bond motifs is 10. The summed E-state index contributed by atoms with van der Waals surface area (Å²) in [7, 11) is 0. The van der Waals surface area contributed by atoms with Crippen molar-refractivity contribution in [2.45, 2.75) is 0 Å². The third-order valence-electron chi connectivity index (χ3n) is 8.04. The first kappa shape index (κ1) is 23.9. The van der Waals surface area contributed by atoms with Crippen molar-refractivity contribution in [2.75, 3.05) is 0 Å². The van der Waals surface area contributed by atoms with E-state index in [2.05, 4.69) is 19.9 Å². The van der Waals surface area contributed by atoms with Crippen LogP contribution in [0.2, 0.25) is 0 Å². The smallest absolute Gasteiger partial charge is 0.223 e. The quantitative estimate of drug-likeness (QED) is 0.231. The monoisotopic (exact) mass is 584 g/mol. The number of imidazole rings is 4. The van der Waals surface area contributed by atoms with Crippen molar-refractivity contribution in [3.8, 4) is 22.9 Å². The summed E-state index contributed by atoms with van der Waals surface area (Å²) in [5.74, 6) is 2.79. The molecule has 0 unspecified atom stereocenters. The SMILES string of the molecule is c1cc(Oc2cccc(-n3c4nccnc4n4c5ccccc5nc34)c2)cc(-n2c3nccnc3n3c4ccccc4nc23)c1. The van der Waals surface area contributed by atoms with Gasteiger partial charge in [0.1, 0.15) is 11.5 Å². The second-order valence-electron chi connectivity index (χ2n) is 10.6. The fourth-order valence-electron chi connectivity index (χ4n) is 6.19. The summed E-state index contributed by atoms with van der Waals surface area (Å²) in [5, 5.41) is 0. The third-order valence-corrected chi connectivity index (χ3v) is 8.04. The Morgan fingerprint density at radius 3 is 1.38 bits per heavy atom. The molecule has 11 heteroatoms. The first-order chi connectivity index (χ1) is 22.3. The maximum Gasteiger partial charge on any atom is 0.223 e. The predicted molar refractivity (Wildman–Crippen MR) is 170 cm³/mol. The fraction of sp³-hybridized carbons (Fsp3) is 0. The molecule has 6 heterocycles. The first-order valence-corrected chi connectivity index (χ1v) is 14.4. The summed E-state index contributed by atoms with van der Waals surface area (Å²) in [6.07, 6.45) is 6.79. The van der Waals surface area contributed by atoms with E-state index in [4.69, 9.17) is 14.7 Å². The largest absolute Gasteiger partial charge is 0.457 e. The highest BCUT2D eigenvalue weighted by Crippen LogP contribution is 2.32. The van der Waals surface area contributed by atoms with Crippen LogP contribution in [0, 0.1) is 0 Å². The van der Waals surface area contributed by atoms with Crippen LogP contribution in [-0.4, -0.2) is 47.8 Å². The molecule has 6 aromatic heterocycles. The van der Waals surface area contributed by atoms with Crippen LogP contribution in [0.15, 0.2) is 122 Å². The zero-order valence-electron chi connectivity index (χ0n) is 23.4. The Balaban J connectivity index is 1.09. The number of aromatic nitrogens is 10. The molecule has 0 radical (unpaired) electrons. The Morgan fingerprint density at radius 1 is 0.444 bits per heavy atom. The summed E-state index contributed by atoms with van der Waals surface area (Å²) in [6.45, 7) is 0. The van der Waals surface area contributed by atoms with Crippen molar-refractivity contribution < 1.29 is 4.74 Å². The highest BCUT2D eigenvalue weighted by atomic mass is 16.5. The molecule has 0 fully saturated rings. The van der Waals surface area contributed by atoms with Crippen LogP contribution in [0.25, 0.3) is 67.6 Å². The second kappa shape index (κ2) is 8.94. The van der Waals surface area contributed by atoms with E-state index in [-0.39, 0.29) is 0 Å². The molecule has 0 saturated carbocycles. The molecule has 0 aliphatic carbocycles. The molecule has 0 atom stereocenters. The Hall–Kier alpha value is -6.62. The van der Waals surface area contributed by atoms with Crippen LogP contribution >= 0.6 is 0 Å². The van der Waals surface area contributed by atoms with Crippen LogP contribution in [0.3, 0.4) is 0 Å². The van der Waals surface area contributed by atoms with Gasteiger partial charge in [-0.3, -0.25) is 17.9 Å². The van der Waals surface area contributed by atoms with Crippen molar-refractivity contribution >= 4 is 56.2 Å². The third kappa shape index (κ3) is 3.40. The average molecular weight is 585 g/mol. The van der Waals surface area contributed by atoms with Gasteiger partial charge in [-0.2, -0.15) is 0 Å². The van der Waals surface area contributed by atoms with Crippen molar-refractivity contribution in [3.63, 3.8) is 0 Å². The number of ether oxygens (including phenoxy) is 1. The van der Waals surface area contributed by atoms with E-state index in [9.17, 15) is 0 Å². The first-order valence-electron chi connectivity index (χ1n) is 14.4. The predicted octanol–water partition coefficient (Wildman–Crippen LogP) is 6.55. The van der Waals surface area contributed by atoms with E-state index in [0.717, 1.165) is 56.3 Å². The molecule has 45 heavy (non-hydrogen) atoms. The molecule has 11 nitrogen and oxygen atoms in total. The van der Waals surface area contributed by atoms with Crippen molar-refractivity contribution in [1.29, 1.82) is 0 Å². The Kier molecular flexibility index (Phi) is 4.75. The molecule has 0 spiro atoms. The van der Waals surface area contributed by atoms with Gasteiger partial charge in [0.2, 0.25) is 11.6 Å². The van der Waals surface area contributed by atoms with E-state index in [1.54, 1.807) is 24.8 Å². The van der Waals surface area contributed by atoms with E-state index >= 15 is 0 Å².